The van der Waals surface area contributed by atoms with Crippen LogP contribution in [0.3, 0.4) is 0 Å². The third-order valence-corrected chi connectivity index (χ3v) is 5.04. The Morgan fingerprint density at radius 2 is 2.22 bits per heavy atom. The molecule has 1 aromatic heterocycles. The number of carbonyl (C=O) groups is 1. The number of nitrogens with zero attached hydrogens (tertiary/aromatic N) is 3. The summed E-state index contributed by atoms with van der Waals surface area (Å²) in [5.74, 6) is 0.0320. The van der Waals surface area contributed by atoms with Crippen LogP contribution in [0.2, 0.25) is 0 Å². The highest BCUT2D eigenvalue weighted by Gasteiger charge is 2.29. The van der Waals surface area contributed by atoms with Crippen molar-refractivity contribution in [2.75, 3.05) is 18.0 Å². The maximum atomic E-state index is 12.2. The van der Waals surface area contributed by atoms with Crippen molar-refractivity contribution in [3.63, 3.8) is 0 Å². The van der Waals surface area contributed by atoms with Crippen LogP contribution in [0.5, 0.6) is 0 Å². The molecule has 1 fully saturated rings. The van der Waals surface area contributed by atoms with E-state index >= 15 is 0 Å². The van der Waals surface area contributed by atoms with E-state index in [1.807, 2.05) is 18.2 Å². The van der Waals surface area contributed by atoms with Crippen molar-refractivity contribution in [3.05, 3.63) is 36.0 Å². The van der Waals surface area contributed by atoms with Crippen LogP contribution in [0.25, 0.3) is 10.9 Å². The maximum absolute atomic E-state index is 12.2. The number of nitrogens with two attached hydrogens (primary N) is 1. The third-order valence-electron chi connectivity index (χ3n) is 5.04. The van der Waals surface area contributed by atoms with Gasteiger partial charge in [-0.15, -0.1) is 0 Å². The molecule has 0 unspecified atom stereocenters. The number of aromatic nitrogens is 1. The van der Waals surface area contributed by atoms with Gasteiger partial charge in [0.05, 0.1) is 17.2 Å². The fourth-order valence-electron chi connectivity index (χ4n) is 3.69. The van der Waals surface area contributed by atoms with Crippen molar-refractivity contribution >= 4 is 22.5 Å². The number of nitriles is 1. The summed E-state index contributed by atoms with van der Waals surface area (Å²) in [6.45, 7) is 5.14. The predicted molar refractivity (Wildman–Crippen MR) is 104 cm³/mol. The number of amides is 1. The van der Waals surface area contributed by atoms with E-state index in [4.69, 9.17) is 5.73 Å². The Morgan fingerprint density at radius 3 is 2.93 bits per heavy atom. The largest absolute Gasteiger partial charge is 0.391 e. The van der Waals surface area contributed by atoms with E-state index in [0.29, 0.717) is 23.5 Å². The number of carbonyl (C=O) groups excluding carboxylic acids is 1. The van der Waals surface area contributed by atoms with E-state index in [1.165, 1.54) is 6.92 Å². The SMILES string of the molecule is C[C@H]1C[C@@H](NC(=O)[C@H](N)[C@H](C)O)CN(c2ccc(C#N)c3ncccc23)C1. The number of hydrogen-bond acceptors (Lipinski definition) is 6. The van der Waals surface area contributed by atoms with Crippen LogP contribution in [0.1, 0.15) is 25.8 Å². The highest BCUT2D eigenvalue weighted by Crippen LogP contribution is 2.31. The molecule has 7 heteroatoms. The van der Waals surface area contributed by atoms with E-state index in [2.05, 4.69) is 28.2 Å². The number of benzene rings is 1. The van der Waals surface area contributed by atoms with Gasteiger partial charge >= 0.3 is 0 Å². The highest BCUT2D eigenvalue weighted by molar-refractivity contribution is 5.95. The monoisotopic (exact) mass is 367 g/mol. The average molecular weight is 367 g/mol. The molecule has 0 bridgehead atoms. The number of fused-ring (bicyclic) bond motifs is 1. The molecule has 0 radical (unpaired) electrons. The summed E-state index contributed by atoms with van der Waals surface area (Å²) < 4.78 is 0. The highest BCUT2D eigenvalue weighted by atomic mass is 16.3. The van der Waals surface area contributed by atoms with Crippen molar-refractivity contribution in [3.8, 4) is 6.07 Å². The zero-order valence-electron chi connectivity index (χ0n) is 15.6. The molecule has 1 amide bonds. The first-order valence-corrected chi connectivity index (χ1v) is 9.17. The minimum absolute atomic E-state index is 0.0617. The van der Waals surface area contributed by atoms with Crippen LogP contribution in [0.15, 0.2) is 30.5 Å². The lowest BCUT2D eigenvalue weighted by Crippen LogP contribution is -2.55. The maximum Gasteiger partial charge on any atom is 0.239 e. The molecule has 3 rings (SSSR count). The molecule has 2 aromatic rings. The third kappa shape index (κ3) is 4.02. The number of aliphatic hydroxyl groups excluding tert-OH is 1. The molecule has 0 aliphatic carbocycles. The van der Waals surface area contributed by atoms with Gasteiger partial charge in [0.1, 0.15) is 12.1 Å². The molecule has 2 heterocycles. The van der Waals surface area contributed by atoms with Crippen molar-refractivity contribution in [1.82, 2.24) is 10.3 Å². The summed E-state index contributed by atoms with van der Waals surface area (Å²) >= 11 is 0. The van der Waals surface area contributed by atoms with Gasteiger partial charge in [-0.25, -0.2) is 0 Å². The average Bonchev–Trinajstić information content (AvgIpc) is 2.65. The van der Waals surface area contributed by atoms with E-state index in [-0.39, 0.29) is 11.9 Å². The van der Waals surface area contributed by atoms with Crippen LogP contribution >= 0.6 is 0 Å². The number of pyridine rings is 1. The molecule has 1 aliphatic rings. The molecular formula is C20H25N5O2. The summed E-state index contributed by atoms with van der Waals surface area (Å²) in [6.07, 6.45) is 1.64. The second-order valence-corrected chi connectivity index (χ2v) is 7.36. The molecule has 1 aliphatic heterocycles. The molecular weight excluding hydrogens is 342 g/mol. The molecule has 4 N–H and O–H groups in total. The Hall–Kier alpha value is -2.69. The van der Waals surface area contributed by atoms with Gasteiger partial charge in [-0.3, -0.25) is 9.78 Å². The van der Waals surface area contributed by atoms with Gasteiger partial charge in [0.2, 0.25) is 5.91 Å². The lowest BCUT2D eigenvalue weighted by Gasteiger charge is -2.39. The topological polar surface area (TPSA) is 115 Å². The van der Waals surface area contributed by atoms with Gasteiger partial charge in [0, 0.05) is 36.4 Å². The van der Waals surface area contributed by atoms with Crippen molar-refractivity contribution in [2.24, 2.45) is 11.7 Å². The number of anilines is 1. The van der Waals surface area contributed by atoms with Crippen molar-refractivity contribution in [1.29, 1.82) is 5.26 Å². The van der Waals surface area contributed by atoms with E-state index < -0.39 is 12.1 Å². The fraction of sp³-hybridized carbons (Fsp3) is 0.450. The van der Waals surface area contributed by atoms with Gasteiger partial charge in [-0.2, -0.15) is 5.26 Å². The lowest BCUT2D eigenvalue weighted by molar-refractivity contribution is -0.125. The van der Waals surface area contributed by atoms with Crippen LogP contribution in [-0.2, 0) is 4.79 Å². The second kappa shape index (κ2) is 7.91. The summed E-state index contributed by atoms with van der Waals surface area (Å²) in [4.78, 5) is 18.8. The molecule has 0 saturated carbocycles. The van der Waals surface area contributed by atoms with Crippen molar-refractivity contribution in [2.45, 2.75) is 38.5 Å². The molecule has 0 spiro atoms. The van der Waals surface area contributed by atoms with Crippen LogP contribution < -0.4 is 16.0 Å². The van der Waals surface area contributed by atoms with E-state index in [9.17, 15) is 15.2 Å². The predicted octanol–water partition coefficient (Wildman–Crippen LogP) is 1.15. The summed E-state index contributed by atoms with van der Waals surface area (Å²) in [7, 11) is 0. The van der Waals surface area contributed by atoms with Gasteiger partial charge in [0.25, 0.3) is 0 Å². The zero-order chi connectivity index (χ0) is 19.6. The van der Waals surface area contributed by atoms with Gasteiger partial charge in [-0.1, -0.05) is 6.92 Å². The number of nitrogens with one attached hydrogen (secondary N) is 1. The van der Waals surface area contributed by atoms with Gasteiger partial charge < -0.3 is 21.1 Å². The Morgan fingerprint density at radius 1 is 1.44 bits per heavy atom. The standard InChI is InChI=1S/C20H25N5O2/c1-12-8-15(24-20(27)18(22)13(2)26)11-25(10-12)17-6-5-14(9-21)19-16(17)4-3-7-23-19/h3-7,12-13,15,18,26H,8,10-11,22H2,1-2H3,(H,24,27)/t12-,13-,15+,18+/m0/s1. The number of hydrogen-bond donors (Lipinski definition) is 3. The first kappa shape index (κ1) is 19.1. The van der Waals surface area contributed by atoms with Crippen LogP contribution in [-0.4, -0.2) is 47.3 Å². The Bertz CT molecular complexity index is 876. The first-order chi connectivity index (χ1) is 12.9. The number of rotatable bonds is 4. The van der Waals surface area contributed by atoms with Crippen LogP contribution in [0.4, 0.5) is 5.69 Å². The summed E-state index contributed by atoms with van der Waals surface area (Å²) in [6, 6.07) is 8.76. The Balaban J connectivity index is 1.86. The number of aliphatic hydroxyl groups is 1. The zero-order valence-corrected chi connectivity index (χ0v) is 15.6. The molecule has 4 atom stereocenters. The minimum atomic E-state index is -0.935. The fourth-order valence-corrected chi connectivity index (χ4v) is 3.69. The minimum Gasteiger partial charge on any atom is -0.391 e. The summed E-state index contributed by atoms with van der Waals surface area (Å²) in [5, 5.41) is 22.8. The lowest BCUT2D eigenvalue weighted by atomic mass is 9.94. The van der Waals surface area contributed by atoms with Crippen molar-refractivity contribution < 1.29 is 9.90 Å². The van der Waals surface area contributed by atoms with Crippen LogP contribution in [0, 0.1) is 17.2 Å². The molecule has 1 aromatic carbocycles. The Labute approximate surface area is 158 Å². The smallest absolute Gasteiger partial charge is 0.239 e. The Kier molecular flexibility index (Phi) is 5.59. The van der Waals surface area contributed by atoms with Gasteiger partial charge in [0.15, 0.2) is 0 Å². The molecule has 27 heavy (non-hydrogen) atoms. The second-order valence-electron chi connectivity index (χ2n) is 7.36. The molecule has 1 saturated heterocycles. The summed E-state index contributed by atoms with van der Waals surface area (Å²) in [5.41, 5.74) is 7.99. The molecule has 7 nitrogen and oxygen atoms in total. The van der Waals surface area contributed by atoms with E-state index in [0.717, 1.165) is 24.0 Å². The quantitative estimate of drug-likeness (QED) is 0.746. The van der Waals surface area contributed by atoms with E-state index in [1.54, 1.807) is 12.3 Å². The first-order valence-electron chi connectivity index (χ1n) is 9.17. The normalized spacial score (nSPS) is 22.1. The van der Waals surface area contributed by atoms with Gasteiger partial charge in [-0.05, 0) is 43.5 Å². The number of piperidine rings is 1. The molecule has 142 valence electrons.